The van der Waals surface area contributed by atoms with Gasteiger partial charge in [0.2, 0.25) is 0 Å². The fourth-order valence-electron chi connectivity index (χ4n) is 3.47. The molecule has 2 N–H and O–H groups in total. The molecule has 35 heavy (non-hydrogen) atoms. The molecule has 0 saturated heterocycles. The Balaban J connectivity index is 1.42. The van der Waals surface area contributed by atoms with Gasteiger partial charge in [-0.15, -0.1) is 11.3 Å². The predicted molar refractivity (Wildman–Crippen MR) is 125 cm³/mol. The number of nitrogens with one attached hydrogen (secondary N) is 1. The lowest BCUT2D eigenvalue weighted by Crippen LogP contribution is -2.39. The second-order valence-electron chi connectivity index (χ2n) is 7.55. The van der Waals surface area contributed by atoms with Crippen LogP contribution >= 0.6 is 11.3 Å². The van der Waals surface area contributed by atoms with Gasteiger partial charge >= 0.3 is 5.97 Å². The molecule has 2 aromatic carbocycles. The maximum Gasteiger partial charge on any atom is 0.323 e. The van der Waals surface area contributed by atoms with E-state index in [1.807, 2.05) is 0 Å². The van der Waals surface area contributed by atoms with Crippen molar-refractivity contribution in [3.05, 3.63) is 70.4 Å². The Morgan fingerprint density at radius 3 is 2.71 bits per heavy atom. The number of benzene rings is 2. The molecule has 0 aliphatic rings. The minimum atomic E-state index is -1.10. The number of fused-ring (bicyclic) bond motifs is 1. The highest BCUT2D eigenvalue weighted by Gasteiger charge is 2.21. The van der Waals surface area contributed by atoms with Crippen LogP contribution in [0.4, 0.5) is 8.78 Å². The van der Waals surface area contributed by atoms with Crippen molar-refractivity contribution in [1.82, 2.24) is 15.2 Å². The molecule has 0 unspecified atom stereocenters. The summed E-state index contributed by atoms with van der Waals surface area (Å²) in [5.74, 6) is -2.97. The summed E-state index contributed by atoms with van der Waals surface area (Å²) in [6.07, 6.45) is 1.31. The van der Waals surface area contributed by atoms with Crippen molar-refractivity contribution in [2.75, 3.05) is 26.7 Å². The van der Waals surface area contributed by atoms with E-state index in [4.69, 9.17) is 14.3 Å². The topological polar surface area (TPSA) is 105 Å². The first-order valence-corrected chi connectivity index (χ1v) is 11.4. The first kappa shape index (κ1) is 24.3. The molecular formula is C24H21F2N3O5S. The van der Waals surface area contributed by atoms with Gasteiger partial charge in [0.15, 0.2) is 11.6 Å². The van der Waals surface area contributed by atoms with Crippen LogP contribution in [0.2, 0.25) is 0 Å². The van der Waals surface area contributed by atoms with E-state index in [9.17, 15) is 18.4 Å². The summed E-state index contributed by atoms with van der Waals surface area (Å²) in [7, 11) is 1.71. The third kappa shape index (κ3) is 5.47. The third-order valence-electron chi connectivity index (χ3n) is 5.17. The largest absolute Gasteiger partial charge is 0.486 e. The smallest absolute Gasteiger partial charge is 0.323 e. The van der Waals surface area contributed by atoms with Gasteiger partial charge in [-0.3, -0.25) is 9.59 Å². The van der Waals surface area contributed by atoms with E-state index in [2.05, 4.69) is 10.3 Å². The number of aromatic nitrogens is 1. The minimum absolute atomic E-state index is 0.0716. The molecule has 4 aromatic rings. The number of carbonyl (C=O) groups excluding carboxylic acids is 1. The van der Waals surface area contributed by atoms with E-state index >= 15 is 0 Å². The van der Waals surface area contributed by atoms with Crippen molar-refractivity contribution < 1.29 is 32.6 Å². The average molecular weight is 502 g/mol. The minimum Gasteiger partial charge on any atom is -0.486 e. The van der Waals surface area contributed by atoms with Crippen LogP contribution < -0.4 is 10.1 Å². The second kappa shape index (κ2) is 10.6. The lowest BCUT2D eigenvalue weighted by Gasteiger charge is -2.19. The molecule has 2 aromatic heterocycles. The summed E-state index contributed by atoms with van der Waals surface area (Å²) >= 11 is 1.23. The van der Waals surface area contributed by atoms with Gasteiger partial charge in [-0.1, -0.05) is 12.1 Å². The summed E-state index contributed by atoms with van der Waals surface area (Å²) in [5.41, 5.74) is 1.45. The molecular weight excluding hydrogens is 480 g/mol. The average Bonchev–Trinajstić information content (AvgIpc) is 3.53. The van der Waals surface area contributed by atoms with E-state index in [-0.39, 0.29) is 29.8 Å². The van der Waals surface area contributed by atoms with E-state index in [1.54, 1.807) is 36.7 Å². The van der Waals surface area contributed by atoms with Crippen LogP contribution in [-0.4, -0.2) is 53.5 Å². The van der Waals surface area contributed by atoms with E-state index in [1.165, 1.54) is 28.6 Å². The molecule has 182 valence electrons. The molecule has 11 heteroatoms. The number of thiazole rings is 1. The highest BCUT2D eigenvalue weighted by atomic mass is 32.1. The summed E-state index contributed by atoms with van der Waals surface area (Å²) in [6, 6.07) is 9.23. The quantitative estimate of drug-likeness (QED) is 0.336. The van der Waals surface area contributed by atoms with Crippen LogP contribution in [0.15, 0.2) is 52.5 Å². The molecule has 4 rings (SSSR count). The molecule has 0 aliphatic heterocycles. The number of carboxylic acids is 1. The third-order valence-corrected chi connectivity index (χ3v) is 5.99. The molecule has 0 radical (unpaired) electrons. The number of hydrogen-bond acceptors (Lipinski definition) is 7. The van der Waals surface area contributed by atoms with Gasteiger partial charge in [0.1, 0.15) is 35.2 Å². The Morgan fingerprint density at radius 2 is 2.00 bits per heavy atom. The van der Waals surface area contributed by atoms with E-state index < -0.39 is 30.1 Å². The van der Waals surface area contributed by atoms with E-state index in [0.29, 0.717) is 28.4 Å². The zero-order valence-electron chi connectivity index (χ0n) is 18.6. The molecule has 8 nitrogen and oxygen atoms in total. The monoisotopic (exact) mass is 501 g/mol. The Kier molecular flexibility index (Phi) is 7.37. The zero-order valence-corrected chi connectivity index (χ0v) is 19.4. The van der Waals surface area contributed by atoms with Gasteiger partial charge in [0.05, 0.1) is 11.6 Å². The van der Waals surface area contributed by atoms with Gasteiger partial charge in [-0.25, -0.2) is 13.8 Å². The number of carbonyl (C=O) groups is 2. The summed E-state index contributed by atoms with van der Waals surface area (Å²) in [5, 5.41) is 14.1. The Morgan fingerprint density at radius 1 is 1.23 bits per heavy atom. The summed E-state index contributed by atoms with van der Waals surface area (Å²) in [6.45, 7) is 0.365. The zero-order chi connectivity index (χ0) is 24.9. The number of halogens is 2. The molecule has 0 fully saturated rings. The lowest BCUT2D eigenvalue weighted by atomic mass is 10.0. The SMILES string of the molecule is CNCCN(CC(=O)O)C(=O)c1csc(COc2ccc(-c3cc(F)c(F)c4ccoc34)cc2)n1. The fraction of sp³-hybridized carbons (Fsp3) is 0.208. The van der Waals surface area contributed by atoms with Crippen LogP contribution in [0.3, 0.4) is 0 Å². The molecule has 0 saturated carbocycles. The first-order chi connectivity index (χ1) is 16.9. The van der Waals surface area contributed by atoms with Crippen LogP contribution in [0.1, 0.15) is 15.5 Å². The van der Waals surface area contributed by atoms with Gasteiger partial charge in [-0.2, -0.15) is 0 Å². The van der Waals surface area contributed by atoms with Crippen molar-refractivity contribution in [1.29, 1.82) is 0 Å². The molecule has 0 atom stereocenters. The van der Waals surface area contributed by atoms with Crippen molar-refractivity contribution in [2.45, 2.75) is 6.61 Å². The molecule has 0 aliphatic carbocycles. The van der Waals surface area contributed by atoms with Gasteiger partial charge in [-0.05, 0) is 36.9 Å². The Hall–Kier alpha value is -3.83. The number of furan rings is 1. The molecule has 0 bridgehead atoms. The fourth-order valence-corrected chi connectivity index (χ4v) is 4.14. The molecule has 2 heterocycles. The number of carboxylic acid groups (broad SMARTS) is 1. The highest BCUT2D eigenvalue weighted by Crippen LogP contribution is 2.33. The van der Waals surface area contributed by atoms with Gasteiger partial charge in [0, 0.05) is 24.0 Å². The van der Waals surface area contributed by atoms with Crippen LogP contribution in [0.25, 0.3) is 22.1 Å². The summed E-state index contributed by atoms with van der Waals surface area (Å²) in [4.78, 5) is 29.2. The second-order valence-corrected chi connectivity index (χ2v) is 8.49. The maximum atomic E-state index is 14.0. The number of amides is 1. The lowest BCUT2D eigenvalue weighted by molar-refractivity contribution is -0.137. The molecule has 0 spiro atoms. The normalized spacial score (nSPS) is 11.1. The van der Waals surface area contributed by atoms with Crippen molar-refractivity contribution in [3.63, 3.8) is 0 Å². The maximum absolute atomic E-state index is 14.0. The summed E-state index contributed by atoms with van der Waals surface area (Å²) < 4.78 is 39.0. The van der Waals surface area contributed by atoms with Crippen molar-refractivity contribution in [3.8, 4) is 16.9 Å². The number of nitrogens with zero attached hydrogens (tertiary/aromatic N) is 2. The van der Waals surface area contributed by atoms with Gasteiger partial charge in [0.25, 0.3) is 5.91 Å². The number of rotatable bonds is 10. The van der Waals surface area contributed by atoms with Gasteiger partial charge < -0.3 is 24.5 Å². The molecule has 1 amide bonds. The Bertz CT molecular complexity index is 1350. The number of likely N-dealkylation sites (N-methyl/N-ethyl adjacent to an activating group) is 1. The number of aliphatic carboxylic acids is 1. The van der Waals surface area contributed by atoms with Crippen LogP contribution in [-0.2, 0) is 11.4 Å². The first-order valence-electron chi connectivity index (χ1n) is 10.6. The number of ether oxygens (including phenoxy) is 1. The highest BCUT2D eigenvalue weighted by molar-refractivity contribution is 7.09. The van der Waals surface area contributed by atoms with Crippen LogP contribution in [0, 0.1) is 11.6 Å². The van der Waals surface area contributed by atoms with Crippen molar-refractivity contribution >= 4 is 34.2 Å². The number of hydrogen-bond donors (Lipinski definition) is 2. The predicted octanol–water partition coefficient (Wildman–Crippen LogP) is 4.16. The van der Waals surface area contributed by atoms with Crippen molar-refractivity contribution in [2.24, 2.45) is 0 Å². The van der Waals surface area contributed by atoms with Crippen LogP contribution in [0.5, 0.6) is 5.75 Å². The standard InChI is InChI=1S/C24H21F2N3O5S/c1-27-7-8-29(11-21(30)31)24(32)19-13-35-20(28-19)12-34-15-4-2-14(3-5-15)17-10-18(25)22(26)16-6-9-33-23(16)17/h2-6,9-10,13,27H,7-8,11-12H2,1H3,(H,30,31). The van der Waals surface area contributed by atoms with E-state index in [0.717, 1.165) is 6.07 Å². The Labute approximate surface area is 202 Å².